The predicted molar refractivity (Wildman–Crippen MR) is 85.4 cm³/mol. The van der Waals surface area contributed by atoms with Crippen molar-refractivity contribution < 1.29 is 18.9 Å². The summed E-state index contributed by atoms with van der Waals surface area (Å²) < 4.78 is 15.0. The van der Waals surface area contributed by atoms with Crippen LogP contribution in [0, 0.1) is 11.3 Å². The van der Waals surface area contributed by atoms with Crippen LogP contribution in [0.4, 0.5) is 5.82 Å². The zero-order chi connectivity index (χ0) is 17.4. The van der Waals surface area contributed by atoms with Crippen LogP contribution in [0.5, 0.6) is 11.5 Å². The number of carbonyl (C=O) groups is 1. The summed E-state index contributed by atoms with van der Waals surface area (Å²) in [7, 11) is 1.50. The normalized spacial score (nSPS) is 10.4. The van der Waals surface area contributed by atoms with Crippen LogP contribution in [0.15, 0.2) is 28.9 Å². The van der Waals surface area contributed by atoms with Gasteiger partial charge in [0.25, 0.3) is 0 Å². The van der Waals surface area contributed by atoms with E-state index in [-0.39, 0.29) is 12.5 Å². The Morgan fingerprint density at radius 1 is 1.42 bits per heavy atom. The van der Waals surface area contributed by atoms with Gasteiger partial charge in [0.1, 0.15) is 11.8 Å². The van der Waals surface area contributed by atoms with Crippen molar-refractivity contribution in [2.45, 2.75) is 13.3 Å². The molecule has 0 radical (unpaired) electrons. The molecule has 1 amide bonds. The number of nitrogens with zero attached hydrogens (tertiary/aromatic N) is 3. The lowest BCUT2D eigenvalue weighted by molar-refractivity contribution is -0.111. The summed E-state index contributed by atoms with van der Waals surface area (Å²) in [6.45, 7) is 1.81. The summed E-state index contributed by atoms with van der Waals surface area (Å²) in [6.07, 6.45) is 3.58. The molecule has 8 nitrogen and oxygen atoms in total. The molecular formula is C16H16N4O4. The topological polar surface area (TPSA) is 110 Å². The Bertz CT molecular complexity index is 777. The summed E-state index contributed by atoms with van der Waals surface area (Å²) >= 11 is 0. The molecule has 2 aromatic rings. The Morgan fingerprint density at radius 3 is 2.96 bits per heavy atom. The van der Waals surface area contributed by atoms with E-state index in [1.54, 1.807) is 24.3 Å². The van der Waals surface area contributed by atoms with E-state index >= 15 is 0 Å². The standard InChI is InChI=1S/C16H16N4O4/c1-3-12-16(20-24-19-12)18-15(21)7-5-11-4-6-13(23-9-8-17)14(10-11)22-2/h4-7,10H,3,9H2,1-2H3,(H,18,20,21)/b7-5+. The fourth-order valence-corrected chi connectivity index (χ4v) is 1.88. The van der Waals surface area contributed by atoms with E-state index in [0.29, 0.717) is 29.4 Å². The SMILES string of the molecule is CCc1nonc1NC(=O)/C=C/c1ccc(OCC#N)c(OC)c1. The molecule has 1 aromatic heterocycles. The molecule has 0 spiro atoms. The number of rotatable bonds is 7. The number of carbonyl (C=O) groups excluding carboxylic acids is 1. The summed E-state index contributed by atoms with van der Waals surface area (Å²) in [5.74, 6) is 0.887. The highest BCUT2D eigenvalue weighted by atomic mass is 16.6. The Morgan fingerprint density at radius 2 is 2.25 bits per heavy atom. The van der Waals surface area contributed by atoms with E-state index < -0.39 is 0 Å². The maximum absolute atomic E-state index is 11.9. The minimum absolute atomic E-state index is 0.0700. The van der Waals surface area contributed by atoms with Gasteiger partial charge < -0.3 is 14.8 Å². The average molecular weight is 328 g/mol. The third-order valence-corrected chi connectivity index (χ3v) is 3.04. The van der Waals surface area contributed by atoms with Gasteiger partial charge in [-0.25, -0.2) is 4.63 Å². The van der Waals surface area contributed by atoms with Crippen LogP contribution in [0.25, 0.3) is 6.08 Å². The quantitative estimate of drug-likeness (QED) is 0.776. The highest BCUT2D eigenvalue weighted by Crippen LogP contribution is 2.28. The fourth-order valence-electron chi connectivity index (χ4n) is 1.88. The largest absolute Gasteiger partial charge is 0.493 e. The number of methoxy groups -OCH3 is 1. The number of amides is 1. The van der Waals surface area contributed by atoms with Crippen molar-refractivity contribution in [2.75, 3.05) is 19.0 Å². The molecular weight excluding hydrogens is 312 g/mol. The van der Waals surface area contributed by atoms with Gasteiger partial charge in [0.05, 0.1) is 7.11 Å². The lowest BCUT2D eigenvalue weighted by atomic mass is 10.2. The number of hydrogen-bond donors (Lipinski definition) is 1. The highest BCUT2D eigenvalue weighted by molar-refractivity contribution is 6.01. The van der Waals surface area contributed by atoms with Crippen LogP contribution in [0.2, 0.25) is 0 Å². The van der Waals surface area contributed by atoms with Gasteiger partial charge in [-0.05, 0) is 35.3 Å². The molecule has 0 saturated carbocycles. The van der Waals surface area contributed by atoms with E-state index in [9.17, 15) is 4.79 Å². The van der Waals surface area contributed by atoms with Crippen LogP contribution < -0.4 is 14.8 Å². The van der Waals surface area contributed by atoms with Crippen molar-refractivity contribution in [2.24, 2.45) is 0 Å². The van der Waals surface area contributed by atoms with Crippen molar-refractivity contribution in [3.8, 4) is 17.6 Å². The number of nitrogens with one attached hydrogen (secondary N) is 1. The Labute approximate surface area is 138 Å². The van der Waals surface area contributed by atoms with Gasteiger partial charge in [-0.15, -0.1) is 0 Å². The highest BCUT2D eigenvalue weighted by Gasteiger charge is 2.10. The van der Waals surface area contributed by atoms with Gasteiger partial charge in [0.2, 0.25) is 11.7 Å². The first-order valence-corrected chi connectivity index (χ1v) is 7.16. The molecule has 1 heterocycles. The van der Waals surface area contributed by atoms with E-state index in [2.05, 4.69) is 20.3 Å². The lowest BCUT2D eigenvalue weighted by Crippen LogP contribution is -2.09. The molecule has 1 N–H and O–H groups in total. The minimum atomic E-state index is -0.357. The summed E-state index contributed by atoms with van der Waals surface area (Å²) in [4.78, 5) is 11.9. The maximum atomic E-state index is 11.9. The van der Waals surface area contributed by atoms with Gasteiger partial charge in [-0.3, -0.25) is 4.79 Å². The number of anilines is 1. The summed E-state index contributed by atoms with van der Waals surface area (Å²) in [6, 6.07) is 7.00. The Kier molecular flexibility index (Phi) is 5.91. The lowest BCUT2D eigenvalue weighted by Gasteiger charge is -2.08. The summed E-state index contributed by atoms with van der Waals surface area (Å²) in [5, 5.41) is 18.5. The van der Waals surface area contributed by atoms with Gasteiger partial charge in [-0.1, -0.05) is 18.1 Å². The van der Waals surface area contributed by atoms with Gasteiger partial charge in [0, 0.05) is 6.08 Å². The number of ether oxygens (including phenoxy) is 2. The number of benzene rings is 1. The first kappa shape index (κ1) is 17.0. The Hall–Kier alpha value is -3.34. The molecule has 24 heavy (non-hydrogen) atoms. The Balaban J connectivity index is 2.05. The number of nitriles is 1. The third-order valence-electron chi connectivity index (χ3n) is 3.04. The maximum Gasteiger partial charge on any atom is 0.249 e. The number of aryl methyl sites for hydroxylation is 1. The second-order valence-electron chi connectivity index (χ2n) is 4.59. The van der Waals surface area contributed by atoms with Crippen LogP contribution in [0.1, 0.15) is 18.2 Å². The van der Waals surface area contributed by atoms with Crippen molar-refractivity contribution >= 4 is 17.8 Å². The fraction of sp³-hybridized carbons (Fsp3) is 0.250. The zero-order valence-electron chi connectivity index (χ0n) is 13.3. The molecule has 124 valence electrons. The van der Waals surface area contributed by atoms with Gasteiger partial charge >= 0.3 is 0 Å². The van der Waals surface area contributed by atoms with Gasteiger partial charge in [-0.2, -0.15) is 5.26 Å². The van der Waals surface area contributed by atoms with E-state index in [4.69, 9.17) is 14.7 Å². The molecule has 8 heteroatoms. The first-order valence-electron chi connectivity index (χ1n) is 7.16. The van der Waals surface area contributed by atoms with Gasteiger partial charge in [0.15, 0.2) is 18.1 Å². The monoisotopic (exact) mass is 328 g/mol. The van der Waals surface area contributed by atoms with Crippen molar-refractivity contribution in [1.29, 1.82) is 5.26 Å². The minimum Gasteiger partial charge on any atom is -0.493 e. The molecule has 0 aliphatic rings. The van der Waals surface area contributed by atoms with Crippen LogP contribution in [-0.4, -0.2) is 29.9 Å². The van der Waals surface area contributed by atoms with Crippen LogP contribution in [-0.2, 0) is 11.2 Å². The number of hydrogen-bond acceptors (Lipinski definition) is 7. The third kappa shape index (κ3) is 4.33. The second-order valence-corrected chi connectivity index (χ2v) is 4.59. The average Bonchev–Trinajstić information content (AvgIpc) is 3.05. The van der Waals surface area contributed by atoms with Crippen molar-refractivity contribution in [1.82, 2.24) is 10.3 Å². The summed E-state index contributed by atoms with van der Waals surface area (Å²) in [5.41, 5.74) is 1.32. The van der Waals surface area contributed by atoms with Crippen molar-refractivity contribution in [3.05, 3.63) is 35.5 Å². The zero-order valence-corrected chi connectivity index (χ0v) is 13.3. The predicted octanol–water partition coefficient (Wildman–Crippen LogP) is 2.19. The molecule has 0 aliphatic carbocycles. The molecule has 2 rings (SSSR count). The molecule has 0 unspecified atom stereocenters. The van der Waals surface area contributed by atoms with Crippen LogP contribution in [0.3, 0.4) is 0 Å². The second kappa shape index (κ2) is 8.33. The first-order chi connectivity index (χ1) is 11.7. The smallest absolute Gasteiger partial charge is 0.249 e. The molecule has 1 aromatic carbocycles. The molecule has 0 fully saturated rings. The molecule has 0 aliphatic heterocycles. The number of aromatic nitrogens is 2. The van der Waals surface area contributed by atoms with E-state index in [0.717, 1.165) is 5.56 Å². The molecule has 0 saturated heterocycles. The van der Waals surface area contributed by atoms with Crippen LogP contribution >= 0.6 is 0 Å². The van der Waals surface area contributed by atoms with E-state index in [1.165, 1.54) is 13.2 Å². The molecule has 0 bridgehead atoms. The van der Waals surface area contributed by atoms with Crippen molar-refractivity contribution in [3.63, 3.8) is 0 Å². The molecule has 0 atom stereocenters. The van der Waals surface area contributed by atoms with E-state index in [1.807, 2.05) is 13.0 Å².